The Morgan fingerprint density at radius 3 is 1.63 bits per heavy atom. The zero-order chi connectivity index (χ0) is 49.4. The SMILES string of the molecule is C.C.C.Cc1cc(-c2cc(N)n[nH]2)ccn1.Cc1cc(C2=NCC(CC(=O)Cc3ccc(-c4cc5c(N6CCOCC6)ncnc5[nH]4)cc3)=C2)ccn1.Nc1ccc(-c2cc3c(N4CCOCC4)ncnc3[nH]2)cc1. The zero-order valence-electron chi connectivity index (χ0n) is 40.2. The normalized spacial score (nSPS) is 14.0. The van der Waals surface area contributed by atoms with Gasteiger partial charge < -0.3 is 40.7 Å². The molecule has 0 amide bonds. The van der Waals surface area contributed by atoms with Crippen molar-refractivity contribution < 1.29 is 14.3 Å². The van der Waals surface area contributed by atoms with E-state index in [0.717, 1.165) is 146 Å². The summed E-state index contributed by atoms with van der Waals surface area (Å²) < 4.78 is 10.9. The second-order valence-electron chi connectivity index (χ2n) is 17.8. The number of pyridine rings is 2. The number of fused-ring (bicyclic) bond motifs is 2. The quantitative estimate of drug-likeness (QED) is 0.0802. The fourth-order valence-corrected chi connectivity index (χ4v) is 8.88. The Balaban J connectivity index is 0.000000183. The summed E-state index contributed by atoms with van der Waals surface area (Å²) in [6.07, 6.45) is 9.64. The molecule has 7 aromatic heterocycles. The molecule has 2 aromatic carbocycles. The molecule has 0 unspecified atom stereocenters. The van der Waals surface area contributed by atoms with Crippen LogP contribution in [0.5, 0.6) is 0 Å². The van der Waals surface area contributed by atoms with Crippen molar-refractivity contribution in [1.82, 2.24) is 50.1 Å². The first-order chi connectivity index (χ1) is 35.2. The van der Waals surface area contributed by atoms with Crippen molar-refractivity contribution >= 4 is 56.7 Å². The Kier molecular flexibility index (Phi) is 18.0. The Hall–Kier alpha value is -8.61. The van der Waals surface area contributed by atoms with Crippen LogP contribution in [-0.4, -0.2) is 121 Å². The van der Waals surface area contributed by atoms with E-state index in [1.54, 1.807) is 31.1 Å². The first kappa shape index (κ1) is 54.2. The third-order valence-corrected chi connectivity index (χ3v) is 12.5. The molecule has 388 valence electrons. The second-order valence-corrected chi connectivity index (χ2v) is 17.8. The van der Waals surface area contributed by atoms with Gasteiger partial charge in [-0.1, -0.05) is 58.7 Å². The van der Waals surface area contributed by atoms with E-state index >= 15 is 0 Å². The number of ether oxygens (including phenoxy) is 2. The molecule has 9 aromatic rings. The molecule has 0 bridgehead atoms. The molecule has 2 saturated heterocycles. The van der Waals surface area contributed by atoms with Crippen molar-refractivity contribution in [2.45, 2.75) is 49.0 Å². The van der Waals surface area contributed by atoms with Crippen molar-refractivity contribution in [3.8, 4) is 33.8 Å². The van der Waals surface area contributed by atoms with Crippen LogP contribution < -0.4 is 21.3 Å². The maximum atomic E-state index is 12.8. The van der Waals surface area contributed by atoms with Crippen LogP contribution in [0, 0.1) is 13.8 Å². The van der Waals surface area contributed by atoms with Gasteiger partial charge in [0.25, 0.3) is 0 Å². The van der Waals surface area contributed by atoms with Crippen LogP contribution in [0.4, 0.5) is 23.1 Å². The Morgan fingerprint density at radius 1 is 0.587 bits per heavy atom. The van der Waals surface area contributed by atoms with E-state index in [1.807, 2.05) is 80.6 Å². The third-order valence-electron chi connectivity index (χ3n) is 12.5. The van der Waals surface area contributed by atoms with E-state index < -0.39 is 0 Å². The van der Waals surface area contributed by atoms with Gasteiger partial charge in [-0.3, -0.25) is 24.9 Å². The number of morpholine rings is 2. The van der Waals surface area contributed by atoms with E-state index in [1.165, 1.54) is 0 Å². The molecule has 10 heterocycles. The highest BCUT2D eigenvalue weighted by atomic mass is 16.5. The minimum Gasteiger partial charge on any atom is -0.399 e. The third kappa shape index (κ3) is 13.1. The Labute approximate surface area is 437 Å². The van der Waals surface area contributed by atoms with Gasteiger partial charge in [0, 0.05) is 97.1 Å². The van der Waals surface area contributed by atoms with Gasteiger partial charge in [-0.2, -0.15) is 5.10 Å². The number of anilines is 4. The van der Waals surface area contributed by atoms with Gasteiger partial charge in [0.05, 0.1) is 55.2 Å². The van der Waals surface area contributed by atoms with Crippen LogP contribution in [0.25, 0.3) is 55.8 Å². The zero-order valence-corrected chi connectivity index (χ0v) is 40.2. The number of nitrogens with two attached hydrogens (primary N) is 2. The van der Waals surface area contributed by atoms with Crippen molar-refractivity contribution in [1.29, 1.82) is 0 Å². The molecule has 0 aliphatic carbocycles. The number of aromatic amines is 3. The molecule has 2 fully saturated rings. The molecule has 75 heavy (non-hydrogen) atoms. The molecule has 7 N–H and O–H groups in total. The van der Waals surface area contributed by atoms with Crippen molar-refractivity contribution in [2.24, 2.45) is 4.99 Å². The monoisotopic (exact) mass is 1010 g/mol. The summed E-state index contributed by atoms with van der Waals surface area (Å²) in [6.45, 7) is 10.7. The predicted octanol–water partition coefficient (Wildman–Crippen LogP) is 9.41. The molecule has 0 radical (unpaired) electrons. The number of nitrogens with zero attached hydrogens (tertiary/aromatic N) is 10. The van der Waals surface area contributed by atoms with E-state index in [4.69, 9.17) is 20.9 Å². The molecule has 0 spiro atoms. The maximum Gasteiger partial charge on any atom is 0.145 e. The average Bonchev–Trinajstić information content (AvgIpc) is 4.25. The van der Waals surface area contributed by atoms with Crippen molar-refractivity contribution in [3.63, 3.8) is 0 Å². The van der Waals surface area contributed by atoms with Crippen LogP contribution in [-0.2, 0) is 20.7 Å². The number of aromatic nitrogens is 10. The van der Waals surface area contributed by atoms with Gasteiger partial charge >= 0.3 is 0 Å². The average molecular weight is 1010 g/mol. The number of nitrogens with one attached hydrogen (secondary N) is 3. The first-order valence-corrected chi connectivity index (χ1v) is 23.9. The Bertz CT molecular complexity index is 3380. The van der Waals surface area contributed by atoms with Crippen LogP contribution in [0.15, 0.2) is 133 Å². The largest absolute Gasteiger partial charge is 0.399 e. The molecule has 3 aliphatic heterocycles. The van der Waals surface area contributed by atoms with E-state index in [0.29, 0.717) is 38.4 Å². The van der Waals surface area contributed by atoms with Gasteiger partial charge in [-0.25, -0.2) is 19.9 Å². The summed E-state index contributed by atoms with van der Waals surface area (Å²) in [7, 11) is 0. The fraction of sp³-hybridized carbons (Fsp3) is 0.281. The summed E-state index contributed by atoms with van der Waals surface area (Å²) in [4.78, 5) is 54.8. The van der Waals surface area contributed by atoms with Gasteiger partial charge in [-0.05, 0) is 90.7 Å². The van der Waals surface area contributed by atoms with Crippen molar-refractivity contribution in [3.05, 3.63) is 150 Å². The van der Waals surface area contributed by atoms with Crippen LogP contribution in [0.3, 0.4) is 0 Å². The highest BCUT2D eigenvalue weighted by molar-refractivity contribution is 6.11. The van der Waals surface area contributed by atoms with E-state index in [2.05, 4.69) is 89.1 Å². The lowest BCUT2D eigenvalue weighted by molar-refractivity contribution is -0.117. The molecule has 18 heteroatoms. The van der Waals surface area contributed by atoms with Gasteiger partial charge in [0.2, 0.25) is 0 Å². The number of hydrogen-bond donors (Lipinski definition) is 5. The van der Waals surface area contributed by atoms with Crippen molar-refractivity contribution in [2.75, 3.05) is 80.4 Å². The smallest absolute Gasteiger partial charge is 0.145 e. The Morgan fingerprint density at radius 2 is 1.11 bits per heavy atom. The van der Waals surface area contributed by atoms with Gasteiger partial charge in [0.1, 0.15) is 47.2 Å². The van der Waals surface area contributed by atoms with Gasteiger partial charge in [-0.15, -0.1) is 0 Å². The number of H-pyrrole nitrogens is 3. The fourth-order valence-electron chi connectivity index (χ4n) is 8.88. The highest BCUT2D eigenvalue weighted by Crippen LogP contribution is 2.31. The summed E-state index contributed by atoms with van der Waals surface area (Å²) in [5.74, 6) is 2.60. The molecular formula is C57H67N15O3. The minimum atomic E-state index is 0. The van der Waals surface area contributed by atoms with E-state index in [-0.39, 0.29) is 28.1 Å². The number of rotatable bonds is 10. The minimum absolute atomic E-state index is 0. The lowest BCUT2D eigenvalue weighted by atomic mass is 10.0. The molecule has 18 nitrogen and oxygen atoms in total. The first-order valence-electron chi connectivity index (χ1n) is 23.9. The number of carbonyl (C=O) groups is 1. The number of nitrogen functional groups attached to an aromatic ring is 2. The highest BCUT2D eigenvalue weighted by Gasteiger charge is 2.20. The second kappa shape index (κ2) is 24.9. The molecular weight excluding hydrogens is 943 g/mol. The predicted molar refractivity (Wildman–Crippen MR) is 302 cm³/mol. The maximum absolute atomic E-state index is 12.8. The lowest BCUT2D eigenvalue weighted by Crippen LogP contribution is -2.36. The summed E-state index contributed by atoms with van der Waals surface area (Å²) in [6, 6.07) is 29.8. The number of carbonyl (C=O) groups excluding carboxylic acids is 1. The van der Waals surface area contributed by atoms with Crippen LogP contribution >= 0.6 is 0 Å². The summed E-state index contributed by atoms with van der Waals surface area (Å²) in [5, 5.41) is 8.75. The number of benzene rings is 2. The number of Topliss-reactive ketones (excluding diaryl/α,β-unsaturated/α-hetero) is 1. The molecule has 0 saturated carbocycles. The summed E-state index contributed by atoms with van der Waals surface area (Å²) >= 11 is 0. The van der Waals surface area contributed by atoms with Crippen LogP contribution in [0.2, 0.25) is 0 Å². The topological polar surface area (TPSA) is 244 Å². The number of ketones is 1. The number of aryl methyl sites for hydroxylation is 2. The van der Waals surface area contributed by atoms with Crippen LogP contribution in [0.1, 0.15) is 51.2 Å². The number of allylic oxidation sites excluding steroid dienone is 1. The molecule has 12 rings (SSSR count). The summed E-state index contributed by atoms with van der Waals surface area (Å²) in [5.41, 5.74) is 25.7. The lowest BCUT2D eigenvalue weighted by Gasteiger charge is -2.27. The van der Waals surface area contributed by atoms with Gasteiger partial charge in [0.15, 0.2) is 0 Å². The molecule has 0 atom stereocenters. The standard InChI is InChI=1S/C29H28N6O2.C16H17N5O.C9H10N4.3CH4/c1-19-12-23(6-7-30-19)26-15-21(17-31-26)14-24(36)13-20-2-4-22(5-3-20)27-16-25-28(34-27)32-18-33-29(25)35-8-10-37-11-9-35;17-12-3-1-11(2-4-12)14-9-13-15(20-14)18-10-19-16(13)21-5-7-22-8-6-21;1-6-4-7(2-3-11-6)8-5-9(10)13-12-8;;;/h2-7,12,15-16,18H,8-11,13-14,17H2,1H3,(H,32,33,34);1-4,9-10H,5-8,17H2,(H,18,19,20);2-5H,1H3,(H3,10,12,13);3*1H4. The number of aliphatic imine (C=N–C) groups is 1. The molecule has 3 aliphatic rings. The number of hydrogen-bond acceptors (Lipinski definition) is 15. The van der Waals surface area contributed by atoms with E-state index in [9.17, 15) is 4.79 Å².